The molecule has 0 bridgehead atoms. The maximum Gasteiger partial charge on any atom is 0.284 e. The van der Waals surface area contributed by atoms with Gasteiger partial charge in [-0.15, -0.1) is 0 Å². The van der Waals surface area contributed by atoms with E-state index >= 15 is 0 Å². The molecule has 146 valence electrons. The van der Waals surface area contributed by atoms with Gasteiger partial charge in [-0.05, 0) is 48.9 Å². The van der Waals surface area contributed by atoms with Gasteiger partial charge in [-0.25, -0.2) is 0 Å². The van der Waals surface area contributed by atoms with E-state index in [-0.39, 0.29) is 5.76 Å². The SMILES string of the molecule is N#Cc1ccc2[nH]cc(CCNCCOc3cccc4cc(C(N)=O)oc34)c2c1. The molecule has 4 N–H and O–H groups in total. The number of aromatic nitrogens is 1. The zero-order valence-electron chi connectivity index (χ0n) is 15.7. The van der Waals surface area contributed by atoms with Gasteiger partial charge in [0.1, 0.15) is 6.61 Å². The van der Waals surface area contributed by atoms with E-state index in [2.05, 4.69) is 16.4 Å². The first-order valence-corrected chi connectivity index (χ1v) is 9.31. The van der Waals surface area contributed by atoms with Gasteiger partial charge in [0, 0.05) is 29.0 Å². The molecule has 1 amide bonds. The third-order valence-corrected chi connectivity index (χ3v) is 4.75. The molecule has 2 aromatic carbocycles. The number of rotatable bonds is 8. The number of hydrogen-bond donors (Lipinski definition) is 3. The molecule has 0 spiro atoms. The van der Waals surface area contributed by atoms with Crippen LogP contribution in [0.3, 0.4) is 0 Å². The van der Waals surface area contributed by atoms with E-state index in [1.54, 1.807) is 12.1 Å². The van der Waals surface area contributed by atoms with Crippen LogP contribution >= 0.6 is 0 Å². The molecule has 0 aliphatic carbocycles. The summed E-state index contributed by atoms with van der Waals surface area (Å²) in [6.45, 7) is 1.90. The summed E-state index contributed by atoms with van der Waals surface area (Å²) in [7, 11) is 0. The average Bonchev–Trinajstić information content (AvgIpc) is 3.35. The van der Waals surface area contributed by atoms with E-state index in [9.17, 15) is 4.79 Å². The zero-order valence-corrected chi connectivity index (χ0v) is 15.7. The number of primary amides is 1. The van der Waals surface area contributed by atoms with Gasteiger partial charge < -0.3 is 25.2 Å². The standard InChI is InChI=1S/C22H20N4O3/c23-12-14-4-5-18-17(10-14)16(13-26-18)6-7-25-8-9-28-19-3-1-2-15-11-20(22(24)27)29-21(15)19/h1-5,10-11,13,25-26H,6-9H2,(H2,24,27). The second kappa shape index (κ2) is 8.09. The Bertz CT molecular complexity index is 1220. The molecule has 2 aromatic heterocycles. The normalized spacial score (nSPS) is 11.0. The van der Waals surface area contributed by atoms with Crippen LogP contribution in [0.2, 0.25) is 0 Å². The summed E-state index contributed by atoms with van der Waals surface area (Å²) in [4.78, 5) is 14.5. The molecule has 4 aromatic rings. The van der Waals surface area contributed by atoms with E-state index in [0.29, 0.717) is 30.0 Å². The Labute approximate surface area is 167 Å². The summed E-state index contributed by atoms with van der Waals surface area (Å²) in [6, 6.07) is 14.9. The second-order valence-corrected chi connectivity index (χ2v) is 6.68. The van der Waals surface area contributed by atoms with Gasteiger partial charge in [-0.1, -0.05) is 12.1 Å². The Morgan fingerprint density at radius 3 is 2.97 bits per heavy atom. The fraction of sp³-hybridized carbons (Fsp3) is 0.182. The fourth-order valence-corrected chi connectivity index (χ4v) is 3.31. The van der Waals surface area contributed by atoms with Crippen molar-refractivity contribution in [3.05, 3.63) is 65.5 Å². The van der Waals surface area contributed by atoms with E-state index < -0.39 is 5.91 Å². The Hall–Kier alpha value is -3.76. The monoisotopic (exact) mass is 388 g/mol. The van der Waals surface area contributed by atoms with Crippen LogP contribution < -0.4 is 15.8 Å². The highest BCUT2D eigenvalue weighted by Crippen LogP contribution is 2.28. The van der Waals surface area contributed by atoms with Crippen molar-refractivity contribution in [3.63, 3.8) is 0 Å². The molecule has 0 radical (unpaired) electrons. The van der Waals surface area contributed by atoms with Crippen LogP contribution in [0.25, 0.3) is 21.9 Å². The molecule has 0 unspecified atom stereocenters. The van der Waals surface area contributed by atoms with Gasteiger partial charge in [0.15, 0.2) is 17.1 Å². The molecular weight excluding hydrogens is 368 g/mol. The Balaban J connectivity index is 1.29. The molecule has 0 aliphatic heterocycles. The number of carbonyl (C=O) groups excluding carboxylic acids is 1. The van der Waals surface area contributed by atoms with Crippen molar-refractivity contribution in [2.24, 2.45) is 5.73 Å². The lowest BCUT2D eigenvalue weighted by atomic mass is 10.1. The summed E-state index contributed by atoms with van der Waals surface area (Å²) in [6.07, 6.45) is 2.82. The first kappa shape index (κ1) is 18.6. The van der Waals surface area contributed by atoms with Crippen molar-refractivity contribution >= 4 is 27.8 Å². The highest BCUT2D eigenvalue weighted by atomic mass is 16.5. The summed E-state index contributed by atoms with van der Waals surface area (Å²) in [5, 5.41) is 14.3. The largest absolute Gasteiger partial charge is 0.488 e. The minimum absolute atomic E-state index is 0.118. The van der Waals surface area contributed by atoms with Crippen molar-refractivity contribution in [1.82, 2.24) is 10.3 Å². The summed E-state index contributed by atoms with van der Waals surface area (Å²) >= 11 is 0. The summed E-state index contributed by atoms with van der Waals surface area (Å²) in [5.74, 6) is 0.0953. The van der Waals surface area contributed by atoms with Crippen molar-refractivity contribution in [3.8, 4) is 11.8 Å². The molecule has 29 heavy (non-hydrogen) atoms. The molecule has 0 aliphatic rings. The number of aromatic amines is 1. The number of carbonyl (C=O) groups is 1. The van der Waals surface area contributed by atoms with Crippen LogP contribution in [0.5, 0.6) is 5.75 Å². The van der Waals surface area contributed by atoms with Gasteiger partial charge in [-0.3, -0.25) is 4.79 Å². The Morgan fingerprint density at radius 2 is 2.14 bits per heavy atom. The summed E-state index contributed by atoms with van der Waals surface area (Å²) < 4.78 is 11.3. The number of ether oxygens (including phenoxy) is 1. The number of H-pyrrole nitrogens is 1. The van der Waals surface area contributed by atoms with Gasteiger partial charge in [0.25, 0.3) is 5.91 Å². The first-order chi connectivity index (χ1) is 14.2. The highest BCUT2D eigenvalue weighted by molar-refractivity contribution is 5.96. The number of nitriles is 1. The average molecular weight is 388 g/mol. The number of fused-ring (bicyclic) bond motifs is 2. The third kappa shape index (κ3) is 3.93. The number of nitrogens with zero attached hydrogens (tertiary/aromatic N) is 1. The van der Waals surface area contributed by atoms with Gasteiger partial charge in [-0.2, -0.15) is 5.26 Å². The molecule has 7 nitrogen and oxygen atoms in total. The maximum absolute atomic E-state index is 11.3. The van der Waals surface area contributed by atoms with E-state index in [4.69, 9.17) is 20.1 Å². The van der Waals surface area contributed by atoms with Gasteiger partial charge in [0.05, 0.1) is 11.6 Å². The molecule has 0 fully saturated rings. The van der Waals surface area contributed by atoms with Gasteiger partial charge >= 0.3 is 0 Å². The summed E-state index contributed by atoms with van der Waals surface area (Å²) in [5.41, 5.74) is 8.66. The lowest BCUT2D eigenvalue weighted by Gasteiger charge is -2.08. The second-order valence-electron chi connectivity index (χ2n) is 6.68. The van der Waals surface area contributed by atoms with Crippen LogP contribution in [0.15, 0.2) is 53.1 Å². The van der Waals surface area contributed by atoms with Crippen molar-refractivity contribution in [2.45, 2.75) is 6.42 Å². The number of hydrogen-bond acceptors (Lipinski definition) is 5. The molecule has 7 heteroatoms. The molecule has 4 rings (SSSR count). The minimum atomic E-state index is -0.604. The van der Waals surface area contributed by atoms with Gasteiger partial charge in [0.2, 0.25) is 0 Å². The molecule has 2 heterocycles. The number of nitrogens with two attached hydrogens (primary N) is 1. The number of furan rings is 1. The molecule has 0 atom stereocenters. The lowest BCUT2D eigenvalue weighted by molar-refractivity contribution is 0.0976. The zero-order chi connectivity index (χ0) is 20.2. The predicted octanol–water partition coefficient (Wildman–Crippen LogP) is 3.10. The van der Waals surface area contributed by atoms with E-state index in [1.165, 1.54) is 5.56 Å². The fourth-order valence-electron chi connectivity index (χ4n) is 3.31. The Morgan fingerprint density at radius 1 is 1.24 bits per heavy atom. The minimum Gasteiger partial charge on any atom is -0.488 e. The molecule has 0 saturated carbocycles. The number of para-hydroxylation sites is 1. The van der Waals surface area contributed by atoms with Crippen molar-refractivity contribution in [1.29, 1.82) is 5.26 Å². The highest BCUT2D eigenvalue weighted by Gasteiger charge is 2.12. The predicted molar refractivity (Wildman–Crippen MR) is 110 cm³/mol. The lowest BCUT2D eigenvalue weighted by Crippen LogP contribution is -2.23. The maximum atomic E-state index is 11.3. The third-order valence-electron chi connectivity index (χ3n) is 4.75. The van der Waals surface area contributed by atoms with Crippen LogP contribution in [0, 0.1) is 11.3 Å². The van der Waals surface area contributed by atoms with Crippen LogP contribution in [-0.2, 0) is 6.42 Å². The van der Waals surface area contributed by atoms with E-state index in [0.717, 1.165) is 29.3 Å². The quantitative estimate of drug-likeness (QED) is 0.401. The van der Waals surface area contributed by atoms with Crippen LogP contribution in [0.1, 0.15) is 21.7 Å². The van der Waals surface area contributed by atoms with E-state index in [1.807, 2.05) is 36.5 Å². The molecular formula is C22H20N4O3. The van der Waals surface area contributed by atoms with Crippen LogP contribution in [-0.4, -0.2) is 30.6 Å². The number of nitrogens with one attached hydrogen (secondary N) is 2. The smallest absolute Gasteiger partial charge is 0.284 e. The molecule has 0 saturated heterocycles. The number of benzene rings is 2. The van der Waals surface area contributed by atoms with Crippen LogP contribution in [0.4, 0.5) is 0 Å². The first-order valence-electron chi connectivity index (χ1n) is 9.31. The van der Waals surface area contributed by atoms with Crippen molar-refractivity contribution < 1.29 is 13.9 Å². The van der Waals surface area contributed by atoms with Crippen molar-refractivity contribution in [2.75, 3.05) is 19.7 Å². The Kier molecular flexibility index (Phi) is 5.18. The topological polar surface area (TPSA) is 117 Å². The number of amides is 1.